The predicted molar refractivity (Wildman–Crippen MR) is 86.4 cm³/mol. The highest BCUT2D eigenvalue weighted by Crippen LogP contribution is 2.27. The first-order chi connectivity index (χ1) is 10.3. The Hall–Kier alpha value is -2.07. The maximum Gasteiger partial charge on any atom is 0.128 e. The van der Waals surface area contributed by atoms with E-state index in [9.17, 15) is 0 Å². The minimum atomic E-state index is 0.0269. The van der Waals surface area contributed by atoms with Crippen LogP contribution in [0.15, 0.2) is 42.6 Å². The van der Waals surface area contributed by atoms with E-state index in [2.05, 4.69) is 29.4 Å². The van der Waals surface area contributed by atoms with Gasteiger partial charge in [0.05, 0.1) is 12.6 Å². The van der Waals surface area contributed by atoms with Gasteiger partial charge in [0.25, 0.3) is 0 Å². The van der Waals surface area contributed by atoms with Gasteiger partial charge in [0.2, 0.25) is 0 Å². The summed E-state index contributed by atoms with van der Waals surface area (Å²) in [5, 5.41) is 3.54. The molecule has 1 aromatic carbocycles. The van der Waals surface area contributed by atoms with Crippen LogP contribution >= 0.6 is 0 Å². The zero-order chi connectivity index (χ0) is 15.1. The molecular weight excluding hydrogens is 262 g/mol. The van der Waals surface area contributed by atoms with Gasteiger partial charge in [-0.1, -0.05) is 25.1 Å². The molecule has 0 spiro atoms. The Morgan fingerprint density at radius 1 is 1.24 bits per heavy atom. The first kappa shape index (κ1) is 15.3. The fourth-order valence-electron chi connectivity index (χ4n) is 2.32. The summed E-state index contributed by atoms with van der Waals surface area (Å²) in [7, 11) is 0. The molecule has 0 bridgehead atoms. The monoisotopic (exact) mass is 285 g/mol. The highest BCUT2D eigenvalue weighted by atomic mass is 16.5. The second-order valence-corrected chi connectivity index (χ2v) is 4.87. The Labute approximate surface area is 126 Å². The third-order valence-electron chi connectivity index (χ3n) is 3.28. The standard InChI is InChI=1S/C17H23N3O/c1-3-10-19-16(15-9-6-11-20-17(15)18)13-7-5-8-14(12-13)21-4-2/h5-9,11-12,16,19H,3-4,10H2,1-2H3,(H2,18,20). The summed E-state index contributed by atoms with van der Waals surface area (Å²) in [6.07, 6.45) is 2.77. The number of aromatic nitrogens is 1. The molecule has 21 heavy (non-hydrogen) atoms. The minimum absolute atomic E-state index is 0.0269. The molecule has 0 fully saturated rings. The molecule has 0 aliphatic carbocycles. The lowest BCUT2D eigenvalue weighted by molar-refractivity contribution is 0.339. The van der Waals surface area contributed by atoms with Crippen molar-refractivity contribution in [3.63, 3.8) is 0 Å². The van der Waals surface area contributed by atoms with Crippen LogP contribution in [0.1, 0.15) is 37.4 Å². The summed E-state index contributed by atoms with van der Waals surface area (Å²) in [4.78, 5) is 4.20. The highest BCUT2D eigenvalue weighted by Gasteiger charge is 2.16. The lowest BCUT2D eigenvalue weighted by Gasteiger charge is -2.21. The van der Waals surface area contributed by atoms with E-state index in [0.717, 1.165) is 29.8 Å². The molecule has 0 saturated carbocycles. The molecule has 2 rings (SSSR count). The van der Waals surface area contributed by atoms with Crippen LogP contribution in [0.2, 0.25) is 0 Å². The van der Waals surface area contributed by atoms with Crippen LogP contribution in [0.5, 0.6) is 5.75 Å². The maximum atomic E-state index is 6.04. The van der Waals surface area contributed by atoms with Crippen molar-refractivity contribution in [1.29, 1.82) is 0 Å². The zero-order valence-electron chi connectivity index (χ0n) is 12.7. The number of hydrogen-bond acceptors (Lipinski definition) is 4. The van der Waals surface area contributed by atoms with E-state index in [1.54, 1.807) is 6.20 Å². The third-order valence-corrected chi connectivity index (χ3v) is 3.28. The largest absolute Gasteiger partial charge is 0.494 e. The fourth-order valence-corrected chi connectivity index (χ4v) is 2.32. The van der Waals surface area contributed by atoms with E-state index in [1.807, 2.05) is 31.2 Å². The van der Waals surface area contributed by atoms with Gasteiger partial charge in [-0.3, -0.25) is 0 Å². The van der Waals surface area contributed by atoms with Crippen LogP contribution in [0.4, 0.5) is 5.82 Å². The lowest BCUT2D eigenvalue weighted by Crippen LogP contribution is -2.24. The average molecular weight is 285 g/mol. The number of benzene rings is 1. The van der Waals surface area contributed by atoms with E-state index in [-0.39, 0.29) is 6.04 Å². The Kier molecular flexibility index (Phi) is 5.58. The summed E-state index contributed by atoms with van der Waals surface area (Å²) in [5.74, 6) is 1.44. The third kappa shape index (κ3) is 3.95. The summed E-state index contributed by atoms with van der Waals surface area (Å²) in [6, 6.07) is 12.1. The summed E-state index contributed by atoms with van der Waals surface area (Å²) < 4.78 is 5.59. The van der Waals surface area contributed by atoms with Gasteiger partial charge >= 0.3 is 0 Å². The number of rotatable bonds is 7. The molecule has 1 heterocycles. The van der Waals surface area contributed by atoms with Gasteiger partial charge in [0, 0.05) is 11.8 Å². The van der Waals surface area contributed by atoms with Crippen molar-refractivity contribution < 1.29 is 4.74 Å². The van der Waals surface area contributed by atoms with E-state index in [4.69, 9.17) is 10.5 Å². The van der Waals surface area contributed by atoms with Crippen LogP contribution in [-0.4, -0.2) is 18.1 Å². The second-order valence-electron chi connectivity index (χ2n) is 4.87. The van der Waals surface area contributed by atoms with E-state index >= 15 is 0 Å². The number of anilines is 1. The maximum absolute atomic E-state index is 6.04. The van der Waals surface area contributed by atoms with Gasteiger partial charge < -0.3 is 15.8 Å². The van der Waals surface area contributed by atoms with Crippen molar-refractivity contribution in [2.45, 2.75) is 26.3 Å². The van der Waals surface area contributed by atoms with Crippen molar-refractivity contribution in [2.75, 3.05) is 18.9 Å². The quantitative estimate of drug-likeness (QED) is 0.820. The van der Waals surface area contributed by atoms with Gasteiger partial charge in [0.1, 0.15) is 11.6 Å². The molecule has 2 aromatic rings. The number of pyridine rings is 1. The number of ether oxygens (including phenoxy) is 1. The van der Waals surface area contributed by atoms with Gasteiger partial charge in [-0.25, -0.2) is 4.98 Å². The molecule has 0 aliphatic rings. The van der Waals surface area contributed by atoms with Crippen LogP contribution in [0.3, 0.4) is 0 Å². The predicted octanol–water partition coefficient (Wildman–Crippen LogP) is 3.15. The molecule has 0 radical (unpaired) electrons. The van der Waals surface area contributed by atoms with Gasteiger partial charge in [-0.2, -0.15) is 0 Å². The topological polar surface area (TPSA) is 60.2 Å². The van der Waals surface area contributed by atoms with Crippen molar-refractivity contribution in [1.82, 2.24) is 10.3 Å². The molecule has 0 amide bonds. The fraction of sp³-hybridized carbons (Fsp3) is 0.353. The lowest BCUT2D eigenvalue weighted by atomic mass is 9.99. The number of nitrogens with one attached hydrogen (secondary N) is 1. The Morgan fingerprint density at radius 3 is 2.81 bits per heavy atom. The highest BCUT2D eigenvalue weighted by molar-refractivity contribution is 5.46. The molecule has 3 N–H and O–H groups in total. The molecule has 1 atom stereocenters. The average Bonchev–Trinajstić information content (AvgIpc) is 2.50. The van der Waals surface area contributed by atoms with Crippen molar-refractivity contribution in [2.24, 2.45) is 0 Å². The normalized spacial score (nSPS) is 12.1. The van der Waals surface area contributed by atoms with E-state index in [0.29, 0.717) is 12.4 Å². The van der Waals surface area contributed by atoms with Gasteiger partial charge in [0.15, 0.2) is 0 Å². The molecule has 4 nitrogen and oxygen atoms in total. The molecule has 4 heteroatoms. The van der Waals surface area contributed by atoms with Crippen molar-refractivity contribution >= 4 is 5.82 Å². The zero-order valence-corrected chi connectivity index (χ0v) is 12.7. The number of nitrogen functional groups attached to an aromatic ring is 1. The molecular formula is C17H23N3O. The molecule has 1 unspecified atom stereocenters. The minimum Gasteiger partial charge on any atom is -0.494 e. The van der Waals surface area contributed by atoms with Crippen molar-refractivity contribution in [3.05, 3.63) is 53.7 Å². The van der Waals surface area contributed by atoms with Crippen molar-refractivity contribution in [3.8, 4) is 5.75 Å². The summed E-state index contributed by atoms with van der Waals surface area (Å²) in [5.41, 5.74) is 8.18. The summed E-state index contributed by atoms with van der Waals surface area (Å²) >= 11 is 0. The first-order valence-corrected chi connectivity index (χ1v) is 7.42. The first-order valence-electron chi connectivity index (χ1n) is 7.42. The van der Waals surface area contributed by atoms with E-state index < -0.39 is 0 Å². The number of nitrogens with zero attached hydrogens (tertiary/aromatic N) is 1. The molecule has 112 valence electrons. The number of hydrogen-bond donors (Lipinski definition) is 2. The van der Waals surface area contributed by atoms with Crippen LogP contribution in [-0.2, 0) is 0 Å². The SMILES string of the molecule is CCCNC(c1cccc(OCC)c1)c1cccnc1N. The van der Waals surface area contributed by atoms with E-state index in [1.165, 1.54) is 0 Å². The van der Waals surface area contributed by atoms with Crippen LogP contribution in [0.25, 0.3) is 0 Å². The second kappa shape index (κ2) is 7.64. The Bertz CT molecular complexity index is 571. The molecule has 0 aliphatic heterocycles. The van der Waals surface area contributed by atoms with Crippen LogP contribution < -0.4 is 15.8 Å². The smallest absolute Gasteiger partial charge is 0.128 e. The summed E-state index contributed by atoms with van der Waals surface area (Å²) in [6.45, 7) is 5.70. The van der Waals surface area contributed by atoms with Crippen LogP contribution in [0, 0.1) is 0 Å². The molecule has 0 saturated heterocycles. The molecule has 1 aromatic heterocycles. The number of nitrogens with two attached hydrogens (primary N) is 1. The Balaban J connectivity index is 2.36. The Morgan fingerprint density at radius 2 is 2.10 bits per heavy atom. The van der Waals surface area contributed by atoms with Gasteiger partial charge in [-0.05, 0) is 43.7 Å². The van der Waals surface area contributed by atoms with Gasteiger partial charge in [-0.15, -0.1) is 0 Å².